The normalized spacial score (nSPS) is 18.2. The van der Waals surface area contributed by atoms with Gasteiger partial charge in [-0.15, -0.1) is 0 Å². The van der Waals surface area contributed by atoms with Crippen LogP contribution in [0.2, 0.25) is 0 Å². The Morgan fingerprint density at radius 3 is 2.37 bits per heavy atom. The van der Waals surface area contributed by atoms with Gasteiger partial charge in [0.2, 0.25) is 0 Å². The first-order valence-corrected chi connectivity index (χ1v) is 13.9. The Bertz CT molecular complexity index is 1050. The minimum atomic E-state index is -4.53. The standard InChI is InChI=1S/C30H39F3N4O/c1-3-28(35-24-8-5-4-6-9-24)23-10-13-26(14-11-23)38-21-7-16-36-17-19-37(20-18-36)25-12-15-29(34-2)27(22-25)30(31,32)33/h10-15,22,24,28,35H,3-9,16-21H2,1H3. The summed E-state index contributed by atoms with van der Waals surface area (Å²) in [6, 6.07) is 13.5. The van der Waals surface area contributed by atoms with Gasteiger partial charge >= 0.3 is 6.18 Å². The second-order valence-corrected chi connectivity index (χ2v) is 10.4. The van der Waals surface area contributed by atoms with Crippen molar-refractivity contribution in [2.45, 2.75) is 70.1 Å². The smallest absolute Gasteiger partial charge is 0.407 e. The van der Waals surface area contributed by atoms with Gasteiger partial charge in [0.1, 0.15) is 5.75 Å². The van der Waals surface area contributed by atoms with Crippen molar-refractivity contribution in [2.75, 3.05) is 44.2 Å². The van der Waals surface area contributed by atoms with E-state index >= 15 is 0 Å². The van der Waals surface area contributed by atoms with Crippen molar-refractivity contribution >= 4 is 11.4 Å². The fraction of sp³-hybridized carbons (Fsp3) is 0.567. The van der Waals surface area contributed by atoms with Gasteiger partial charge in [0.15, 0.2) is 5.69 Å². The highest BCUT2D eigenvalue weighted by Crippen LogP contribution is 2.39. The zero-order valence-electron chi connectivity index (χ0n) is 22.3. The van der Waals surface area contributed by atoms with Gasteiger partial charge in [-0.2, -0.15) is 13.2 Å². The molecule has 1 atom stereocenters. The molecule has 0 spiro atoms. The van der Waals surface area contributed by atoms with Crippen LogP contribution in [0.4, 0.5) is 24.5 Å². The molecule has 1 heterocycles. The van der Waals surface area contributed by atoms with E-state index in [0.29, 0.717) is 37.5 Å². The number of nitrogens with zero attached hydrogens (tertiary/aromatic N) is 3. The number of alkyl halides is 3. The molecule has 8 heteroatoms. The van der Waals surface area contributed by atoms with Crippen LogP contribution in [0.5, 0.6) is 5.75 Å². The molecule has 5 nitrogen and oxygen atoms in total. The monoisotopic (exact) mass is 528 g/mol. The van der Waals surface area contributed by atoms with Crippen LogP contribution in [0.3, 0.4) is 0 Å². The van der Waals surface area contributed by atoms with Crippen LogP contribution >= 0.6 is 0 Å². The van der Waals surface area contributed by atoms with Gasteiger partial charge in [-0.25, -0.2) is 4.85 Å². The molecule has 0 amide bonds. The number of halogens is 3. The molecule has 206 valence electrons. The summed E-state index contributed by atoms with van der Waals surface area (Å²) in [6.07, 6.45) is 4.02. The number of piperazine rings is 1. The molecule has 0 radical (unpaired) electrons. The fourth-order valence-corrected chi connectivity index (χ4v) is 5.55. The predicted octanol–water partition coefficient (Wildman–Crippen LogP) is 7.22. The minimum Gasteiger partial charge on any atom is -0.494 e. The van der Waals surface area contributed by atoms with E-state index in [4.69, 9.17) is 11.3 Å². The van der Waals surface area contributed by atoms with Crippen LogP contribution in [0.1, 0.15) is 69.0 Å². The first-order valence-electron chi connectivity index (χ1n) is 13.9. The third kappa shape index (κ3) is 7.64. The van der Waals surface area contributed by atoms with Crippen molar-refractivity contribution in [3.05, 3.63) is 65.0 Å². The number of ether oxygens (including phenoxy) is 1. The van der Waals surface area contributed by atoms with Crippen LogP contribution in [0, 0.1) is 6.57 Å². The predicted molar refractivity (Wildman–Crippen MR) is 146 cm³/mol. The van der Waals surface area contributed by atoms with E-state index in [2.05, 4.69) is 46.3 Å². The van der Waals surface area contributed by atoms with E-state index in [1.165, 1.54) is 43.7 Å². The maximum absolute atomic E-state index is 13.3. The van der Waals surface area contributed by atoms with Crippen molar-refractivity contribution in [1.82, 2.24) is 10.2 Å². The topological polar surface area (TPSA) is 32.1 Å². The zero-order valence-corrected chi connectivity index (χ0v) is 22.3. The Morgan fingerprint density at radius 2 is 1.74 bits per heavy atom. The lowest BCUT2D eigenvalue weighted by Gasteiger charge is -2.36. The molecule has 1 saturated carbocycles. The van der Waals surface area contributed by atoms with Crippen LogP contribution in [-0.2, 0) is 6.18 Å². The molecular formula is C30H39F3N4O. The van der Waals surface area contributed by atoms with Gasteiger partial charge in [0.25, 0.3) is 0 Å². The summed E-state index contributed by atoms with van der Waals surface area (Å²) in [5.41, 5.74) is 0.629. The highest BCUT2D eigenvalue weighted by molar-refractivity contribution is 5.62. The summed E-state index contributed by atoms with van der Waals surface area (Å²) in [4.78, 5) is 7.31. The SMILES string of the molecule is [C-]#[N+]c1ccc(N2CCN(CCCOc3ccc(C(CC)NC4CCCCC4)cc3)CC2)cc1C(F)(F)F. The lowest BCUT2D eigenvalue weighted by atomic mass is 9.93. The molecule has 1 aliphatic heterocycles. The summed E-state index contributed by atoms with van der Waals surface area (Å²) in [5.74, 6) is 0.884. The summed E-state index contributed by atoms with van der Waals surface area (Å²) < 4.78 is 45.9. The lowest BCUT2D eigenvalue weighted by molar-refractivity contribution is -0.136. The molecule has 1 unspecified atom stereocenters. The highest BCUT2D eigenvalue weighted by Gasteiger charge is 2.34. The second-order valence-electron chi connectivity index (χ2n) is 10.4. The Labute approximate surface area is 224 Å². The molecule has 0 aromatic heterocycles. The first kappa shape index (κ1) is 28.3. The number of anilines is 1. The minimum absolute atomic E-state index is 0.351. The van der Waals surface area contributed by atoms with Crippen molar-refractivity contribution in [1.29, 1.82) is 0 Å². The number of hydrogen-bond acceptors (Lipinski definition) is 4. The van der Waals surface area contributed by atoms with Gasteiger partial charge in [-0.05, 0) is 55.5 Å². The molecule has 2 aliphatic rings. The third-order valence-corrected chi connectivity index (χ3v) is 7.76. The number of benzene rings is 2. The summed E-state index contributed by atoms with van der Waals surface area (Å²) >= 11 is 0. The van der Waals surface area contributed by atoms with Gasteiger partial charge in [-0.3, -0.25) is 4.90 Å². The number of hydrogen-bond donors (Lipinski definition) is 1. The molecule has 1 saturated heterocycles. The van der Waals surface area contributed by atoms with Crippen LogP contribution < -0.4 is 15.0 Å². The van der Waals surface area contributed by atoms with Crippen LogP contribution in [0.25, 0.3) is 4.85 Å². The molecule has 38 heavy (non-hydrogen) atoms. The quantitative estimate of drug-likeness (QED) is 0.261. The lowest BCUT2D eigenvalue weighted by Crippen LogP contribution is -2.46. The molecule has 2 fully saturated rings. The Balaban J connectivity index is 1.18. The molecule has 4 rings (SSSR count). The van der Waals surface area contributed by atoms with E-state index < -0.39 is 11.7 Å². The molecule has 1 aliphatic carbocycles. The zero-order chi connectivity index (χ0) is 27.0. The maximum atomic E-state index is 13.3. The second kappa shape index (κ2) is 13.3. The van der Waals surface area contributed by atoms with Crippen LogP contribution in [0.15, 0.2) is 42.5 Å². The van der Waals surface area contributed by atoms with E-state index in [0.717, 1.165) is 44.3 Å². The molecule has 2 aromatic carbocycles. The average Bonchev–Trinajstić information content (AvgIpc) is 2.94. The van der Waals surface area contributed by atoms with Gasteiger partial charge in [-0.1, -0.05) is 44.4 Å². The van der Waals surface area contributed by atoms with Gasteiger partial charge in [0.05, 0.1) is 18.7 Å². The molecular weight excluding hydrogens is 489 g/mol. The number of nitrogens with one attached hydrogen (secondary N) is 1. The Morgan fingerprint density at radius 1 is 1.03 bits per heavy atom. The largest absolute Gasteiger partial charge is 0.494 e. The summed E-state index contributed by atoms with van der Waals surface area (Å²) in [5, 5.41) is 3.85. The molecule has 0 bridgehead atoms. The van der Waals surface area contributed by atoms with Crippen molar-refractivity contribution < 1.29 is 17.9 Å². The van der Waals surface area contributed by atoms with Gasteiger partial charge < -0.3 is 15.0 Å². The molecule has 2 aromatic rings. The number of rotatable bonds is 10. The van der Waals surface area contributed by atoms with Gasteiger partial charge in [0, 0.05) is 50.5 Å². The van der Waals surface area contributed by atoms with E-state index in [-0.39, 0.29) is 5.69 Å². The van der Waals surface area contributed by atoms with Crippen molar-refractivity contribution in [2.24, 2.45) is 0 Å². The fourth-order valence-electron chi connectivity index (χ4n) is 5.55. The van der Waals surface area contributed by atoms with Crippen molar-refractivity contribution in [3.8, 4) is 5.75 Å². The van der Waals surface area contributed by atoms with E-state index in [1.54, 1.807) is 6.07 Å². The highest BCUT2D eigenvalue weighted by atomic mass is 19.4. The third-order valence-electron chi connectivity index (χ3n) is 7.76. The molecule has 1 N–H and O–H groups in total. The average molecular weight is 529 g/mol. The summed E-state index contributed by atoms with van der Waals surface area (Å²) in [7, 11) is 0. The Kier molecular flexibility index (Phi) is 9.92. The van der Waals surface area contributed by atoms with E-state index in [9.17, 15) is 13.2 Å². The Hall–Kier alpha value is -2.76. The first-order chi connectivity index (χ1) is 18.4. The van der Waals surface area contributed by atoms with Crippen molar-refractivity contribution in [3.63, 3.8) is 0 Å². The van der Waals surface area contributed by atoms with E-state index in [1.807, 2.05) is 4.90 Å². The van der Waals surface area contributed by atoms with Crippen LogP contribution in [-0.4, -0.2) is 50.3 Å². The maximum Gasteiger partial charge on any atom is 0.407 e. The summed E-state index contributed by atoms with van der Waals surface area (Å²) in [6.45, 7) is 13.6.